The third kappa shape index (κ3) is 3.58. The molecule has 2 rings (SSSR count). The van der Waals surface area contributed by atoms with Crippen LogP contribution in [0.5, 0.6) is 0 Å². The second-order valence-electron chi connectivity index (χ2n) is 4.30. The quantitative estimate of drug-likeness (QED) is 0.675. The topological polar surface area (TPSA) is 115 Å². The lowest BCUT2D eigenvalue weighted by molar-refractivity contribution is -0.385. The van der Waals surface area contributed by atoms with Crippen molar-refractivity contribution in [1.29, 1.82) is 0 Å². The molecule has 0 spiro atoms. The molecule has 1 N–H and O–H groups in total. The normalized spacial score (nSPS) is 10.2. The number of carbonyl (C=O) groups is 1. The molecule has 0 heterocycles. The number of hydrogen-bond donors (Lipinski definition) is 1. The monoisotopic (exact) mass is 339 g/mol. The maximum atomic E-state index is 13.6. The summed E-state index contributed by atoms with van der Waals surface area (Å²) in [5, 5.41) is 23.4. The summed E-state index contributed by atoms with van der Waals surface area (Å²) in [6, 6.07) is 5.90. The molecule has 10 heteroatoms. The Morgan fingerprint density at radius 3 is 2.39 bits per heavy atom. The molecule has 0 radical (unpaired) electrons. The highest BCUT2D eigenvalue weighted by molar-refractivity contribution is 6.32. The first-order valence-electron chi connectivity index (χ1n) is 5.99. The Morgan fingerprint density at radius 2 is 1.78 bits per heavy atom. The summed E-state index contributed by atoms with van der Waals surface area (Å²) in [5.41, 5.74) is -1.46. The van der Waals surface area contributed by atoms with E-state index in [9.17, 15) is 29.4 Å². The maximum Gasteiger partial charge on any atom is 0.288 e. The van der Waals surface area contributed by atoms with Crippen molar-refractivity contribution < 1.29 is 19.0 Å². The fraction of sp³-hybridized carbons (Fsp3) is 0. The zero-order valence-corrected chi connectivity index (χ0v) is 11.9. The van der Waals surface area contributed by atoms with Crippen molar-refractivity contribution in [1.82, 2.24) is 0 Å². The van der Waals surface area contributed by atoms with Gasteiger partial charge >= 0.3 is 0 Å². The number of nitrogens with one attached hydrogen (secondary N) is 1. The number of anilines is 1. The van der Waals surface area contributed by atoms with Crippen LogP contribution < -0.4 is 5.32 Å². The Bertz CT molecular complexity index is 827. The van der Waals surface area contributed by atoms with Gasteiger partial charge in [-0.1, -0.05) is 11.6 Å². The van der Waals surface area contributed by atoms with Crippen LogP contribution >= 0.6 is 11.6 Å². The van der Waals surface area contributed by atoms with Crippen LogP contribution in [0, 0.1) is 26.0 Å². The molecule has 0 bridgehead atoms. The molecule has 0 aromatic heterocycles. The van der Waals surface area contributed by atoms with E-state index < -0.39 is 38.6 Å². The molecule has 0 saturated carbocycles. The van der Waals surface area contributed by atoms with E-state index in [4.69, 9.17) is 11.6 Å². The van der Waals surface area contributed by atoms with Gasteiger partial charge < -0.3 is 5.32 Å². The van der Waals surface area contributed by atoms with Crippen LogP contribution in [0.2, 0.25) is 5.02 Å². The molecular weight excluding hydrogens is 333 g/mol. The minimum Gasteiger partial charge on any atom is -0.319 e. The van der Waals surface area contributed by atoms with Crippen molar-refractivity contribution in [3.63, 3.8) is 0 Å². The first-order valence-corrected chi connectivity index (χ1v) is 6.36. The number of nitro benzene ring substituents is 2. The zero-order chi connectivity index (χ0) is 17.1. The molecular formula is C13H7ClFN3O5. The fourth-order valence-corrected chi connectivity index (χ4v) is 1.90. The summed E-state index contributed by atoms with van der Waals surface area (Å²) >= 11 is 5.63. The summed E-state index contributed by atoms with van der Waals surface area (Å²) in [6.07, 6.45) is 0. The average Bonchev–Trinajstić information content (AvgIpc) is 2.49. The van der Waals surface area contributed by atoms with E-state index >= 15 is 0 Å². The summed E-state index contributed by atoms with van der Waals surface area (Å²) in [5.74, 6) is -1.75. The van der Waals surface area contributed by atoms with E-state index in [-0.39, 0.29) is 10.6 Å². The lowest BCUT2D eigenvalue weighted by Crippen LogP contribution is -2.13. The molecule has 0 atom stereocenters. The standard InChI is InChI=1S/C13H7ClFN3O5/c14-9-3-1-7(5-12(9)18(22)23)13(19)16-11-6-8(17(20)21)2-4-10(11)15/h1-6H,(H,16,19). The van der Waals surface area contributed by atoms with E-state index in [1.54, 1.807) is 0 Å². The number of amides is 1. The summed E-state index contributed by atoms with van der Waals surface area (Å²) in [7, 11) is 0. The van der Waals surface area contributed by atoms with Gasteiger partial charge in [0.2, 0.25) is 0 Å². The maximum absolute atomic E-state index is 13.6. The zero-order valence-electron chi connectivity index (χ0n) is 11.2. The minimum absolute atomic E-state index is 0.146. The van der Waals surface area contributed by atoms with E-state index in [0.29, 0.717) is 0 Å². The second kappa shape index (κ2) is 6.36. The highest BCUT2D eigenvalue weighted by Gasteiger charge is 2.18. The molecule has 0 unspecified atom stereocenters. The molecule has 1 amide bonds. The van der Waals surface area contributed by atoms with Crippen LogP contribution in [0.3, 0.4) is 0 Å². The number of nitrogens with zero attached hydrogens (tertiary/aromatic N) is 2. The number of carbonyl (C=O) groups excluding carboxylic acids is 1. The third-order valence-electron chi connectivity index (χ3n) is 2.81. The predicted molar refractivity (Wildman–Crippen MR) is 79.1 cm³/mol. The predicted octanol–water partition coefficient (Wildman–Crippen LogP) is 3.55. The van der Waals surface area contributed by atoms with E-state index in [1.807, 2.05) is 0 Å². The van der Waals surface area contributed by atoms with E-state index in [1.165, 1.54) is 6.07 Å². The van der Waals surface area contributed by atoms with Crippen LogP contribution in [0.4, 0.5) is 21.5 Å². The molecule has 8 nitrogen and oxygen atoms in total. The first kappa shape index (κ1) is 16.3. The van der Waals surface area contributed by atoms with Crippen LogP contribution in [0.25, 0.3) is 0 Å². The molecule has 118 valence electrons. The van der Waals surface area contributed by atoms with Crippen molar-refractivity contribution in [3.8, 4) is 0 Å². The lowest BCUT2D eigenvalue weighted by Gasteiger charge is -2.06. The van der Waals surface area contributed by atoms with Crippen molar-refractivity contribution in [3.05, 3.63) is 73.0 Å². The summed E-state index contributed by atoms with van der Waals surface area (Å²) < 4.78 is 13.6. The van der Waals surface area contributed by atoms with E-state index in [2.05, 4.69) is 5.32 Å². The SMILES string of the molecule is O=C(Nc1cc([N+](=O)[O-])ccc1F)c1ccc(Cl)c([N+](=O)[O-])c1. The van der Waals surface area contributed by atoms with Crippen LogP contribution in [0.15, 0.2) is 36.4 Å². The molecule has 0 aliphatic heterocycles. The van der Waals surface area contributed by atoms with Crippen molar-refractivity contribution in [2.45, 2.75) is 0 Å². The Balaban J connectivity index is 2.33. The number of rotatable bonds is 4. The Labute approximate surface area is 132 Å². The van der Waals surface area contributed by atoms with Crippen LogP contribution in [-0.4, -0.2) is 15.8 Å². The number of hydrogen-bond acceptors (Lipinski definition) is 5. The van der Waals surface area contributed by atoms with Gasteiger partial charge in [0.05, 0.1) is 15.5 Å². The molecule has 0 saturated heterocycles. The smallest absolute Gasteiger partial charge is 0.288 e. The summed E-state index contributed by atoms with van der Waals surface area (Å²) in [4.78, 5) is 31.9. The first-order chi connectivity index (χ1) is 10.8. The number of benzene rings is 2. The second-order valence-corrected chi connectivity index (χ2v) is 4.71. The number of non-ortho nitro benzene ring substituents is 1. The largest absolute Gasteiger partial charge is 0.319 e. The Kier molecular flexibility index (Phi) is 4.51. The van der Waals surface area contributed by atoms with Crippen molar-refractivity contribution in [2.75, 3.05) is 5.32 Å². The third-order valence-corrected chi connectivity index (χ3v) is 3.13. The van der Waals surface area contributed by atoms with Gasteiger partial charge in [0.15, 0.2) is 0 Å². The van der Waals surface area contributed by atoms with Crippen molar-refractivity contribution in [2.24, 2.45) is 0 Å². The van der Waals surface area contributed by atoms with Gasteiger partial charge in [-0.3, -0.25) is 25.0 Å². The molecule has 2 aromatic carbocycles. The average molecular weight is 340 g/mol. The molecule has 2 aromatic rings. The fourth-order valence-electron chi connectivity index (χ4n) is 1.71. The van der Waals surface area contributed by atoms with Gasteiger partial charge in [0.1, 0.15) is 10.8 Å². The highest BCUT2D eigenvalue weighted by Crippen LogP contribution is 2.26. The number of nitro groups is 2. The molecule has 23 heavy (non-hydrogen) atoms. The minimum atomic E-state index is -0.882. The lowest BCUT2D eigenvalue weighted by atomic mass is 10.1. The van der Waals surface area contributed by atoms with Gasteiger partial charge in [-0.2, -0.15) is 0 Å². The van der Waals surface area contributed by atoms with Gasteiger partial charge in [-0.05, 0) is 18.2 Å². The molecule has 0 aliphatic carbocycles. The van der Waals surface area contributed by atoms with Gasteiger partial charge in [-0.25, -0.2) is 4.39 Å². The number of halogens is 2. The van der Waals surface area contributed by atoms with Crippen LogP contribution in [0.1, 0.15) is 10.4 Å². The van der Waals surface area contributed by atoms with Gasteiger partial charge in [-0.15, -0.1) is 0 Å². The highest BCUT2D eigenvalue weighted by atomic mass is 35.5. The van der Waals surface area contributed by atoms with Gasteiger partial charge in [0, 0.05) is 23.8 Å². The molecule has 0 fully saturated rings. The molecule has 0 aliphatic rings. The van der Waals surface area contributed by atoms with E-state index in [0.717, 1.165) is 30.3 Å². The summed E-state index contributed by atoms with van der Waals surface area (Å²) in [6.45, 7) is 0. The van der Waals surface area contributed by atoms with Crippen LogP contribution in [-0.2, 0) is 0 Å². The Hall–Kier alpha value is -3.07. The van der Waals surface area contributed by atoms with Crippen molar-refractivity contribution >= 4 is 34.6 Å². The van der Waals surface area contributed by atoms with Gasteiger partial charge in [0.25, 0.3) is 17.3 Å². The Morgan fingerprint density at radius 1 is 1.09 bits per heavy atom.